The lowest BCUT2D eigenvalue weighted by molar-refractivity contribution is -0.142. The van der Waals surface area contributed by atoms with Gasteiger partial charge in [-0.25, -0.2) is 4.79 Å². The van der Waals surface area contributed by atoms with Crippen molar-refractivity contribution in [3.63, 3.8) is 0 Å². The smallest absolute Gasteiger partial charge is 0.441 e. The largest absolute Gasteiger partial charge is 0.460 e. The van der Waals surface area contributed by atoms with Crippen LogP contribution in [0.3, 0.4) is 0 Å². The number of ketones is 2. The minimum atomic E-state index is -1.03. The second-order valence-corrected chi connectivity index (χ2v) is 5.17. The molecule has 0 amide bonds. The quantitative estimate of drug-likeness (QED) is 0.267. The van der Waals surface area contributed by atoms with Gasteiger partial charge in [-0.3, -0.25) is 9.59 Å². The zero-order chi connectivity index (χ0) is 16.8. The number of esters is 1. The summed E-state index contributed by atoms with van der Waals surface area (Å²) in [5.41, 5.74) is 8.91. The van der Waals surface area contributed by atoms with E-state index in [9.17, 15) is 14.4 Å². The van der Waals surface area contributed by atoms with Gasteiger partial charge < -0.3 is 15.0 Å². The third-order valence-corrected chi connectivity index (χ3v) is 3.55. The molecule has 1 aliphatic heterocycles. The average molecular weight is 316 g/mol. The Kier molecular flexibility index (Phi) is 5.51. The Morgan fingerprint density at radius 2 is 2.00 bits per heavy atom. The summed E-state index contributed by atoms with van der Waals surface area (Å²) in [5.74, 6) is -1.78. The van der Waals surface area contributed by atoms with E-state index in [0.29, 0.717) is 0 Å². The second kappa shape index (κ2) is 7.58. The number of benzene rings is 1. The molecule has 0 aromatic heterocycles. The van der Waals surface area contributed by atoms with Crippen LogP contribution in [0.15, 0.2) is 30.3 Å². The summed E-state index contributed by atoms with van der Waals surface area (Å²) in [6, 6.07) is 9.22. The van der Waals surface area contributed by atoms with Crippen molar-refractivity contribution in [2.45, 2.75) is 31.5 Å². The van der Waals surface area contributed by atoms with Crippen LogP contribution in [0.2, 0.25) is 0 Å². The number of rotatable bonds is 5. The van der Waals surface area contributed by atoms with E-state index in [1.54, 1.807) is 0 Å². The predicted octanol–water partition coefficient (Wildman–Crippen LogP) is 1.28. The zero-order valence-electron chi connectivity index (χ0n) is 12.6. The second-order valence-electron chi connectivity index (χ2n) is 5.17. The lowest BCUT2D eigenvalue weighted by Crippen LogP contribution is -2.34. The molecule has 120 valence electrons. The van der Waals surface area contributed by atoms with Crippen LogP contribution in [0.1, 0.15) is 30.9 Å². The van der Waals surface area contributed by atoms with Crippen molar-refractivity contribution in [1.29, 1.82) is 0 Å². The molecule has 0 radical (unpaired) electrons. The number of hydrogen-bond donors (Lipinski definition) is 0. The Labute approximate surface area is 132 Å². The van der Waals surface area contributed by atoms with E-state index >= 15 is 0 Å². The number of hydrogen-bond acceptors (Lipinski definition) is 5. The average Bonchev–Trinajstić information content (AvgIpc) is 2.55. The molecule has 7 heteroatoms. The highest BCUT2D eigenvalue weighted by Gasteiger charge is 2.36. The van der Waals surface area contributed by atoms with Gasteiger partial charge in [0.1, 0.15) is 5.78 Å². The van der Waals surface area contributed by atoms with Gasteiger partial charge in [0.2, 0.25) is 0 Å². The first-order valence-corrected chi connectivity index (χ1v) is 7.10. The molecule has 1 aliphatic rings. The van der Waals surface area contributed by atoms with Crippen molar-refractivity contribution in [3.8, 4) is 0 Å². The number of ether oxygens (including phenoxy) is 2. The first kappa shape index (κ1) is 16.7. The standard InChI is InChI=1S/C16H16N2O5/c1-22-16(21)15(18-17)13(20)9-12-7-11(19)8-14(23-12)10-5-3-2-4-6-10/h2-6,12,14H,7-9H2,1H3/t12-,14-/m1/s1. The Bertz CT molecular complexity index is 664. The van der Waals surface area contributed by atoms with E-state index in [0.717, 1.165) is 12.7 Å². The summed E-state index contributed by atoms with van der Waals surface area (Å²) in [4.78, 5) is 37.9. The van der Waals surface area contributed by atoms with E-state index in [-0.39, 0.29) is 25.0 Å². The van der Waals surface area contributed by atoms with Crippen LogP contribution in [0.25, 0.3) is 5.53 Å². The molecule has 0 N–H and O–H groups in total. The third-order valence-electron chi connectivity index (χ3n) is 3.55. The van der Waals surface area contributed by atoms with E-state index in [1.807, 2.05) is 30.3 Å². The molecule has 2 atom stereocenters. The molecule has 1 aromatic carbocycles. The van der Waals surface area contributed by atoms with Crippen molar-refractivity contribution in [3.05, 3.63) is 41.4 Å². The van der Waals surface area contributed by atoms with Gasteiger partial charge in [-0.15, -0.1) is 0 Å². The Hall–Kier alpha value is -2.63. The van der Waals surface area contributed by atoms with E-state index in [1.165, 1.54) is 0 Å². The maximum atomic E-state index is 12.0. The maximum Gasteiger partial charge on any atom is 0.441 e. The molecule has 2 rings (SSSR count). The molecule has 0 saturated carbocycles. The first-order valence-electron chi connectivity index (χ1n) is 7.10. The van der Waals surface area contributed by atoms with Crippen molar-refractivity contribution in [2.75, 3.05) is 7.11 Å². The highest BCUT2D eigenvalue weighted by molar-refractivity contribution is 6.62. The summed E-state index contributed by atoms with van der Waals surface area (Å²) in [5, 5.41) is 0. The molecular formula is C16H16N2O5. The Morgan fingerprint density at radius 1 is 1.30 bits per heavy atom. The summed E-state index contributed by atoms with van der Waals surface area (Å²) in [7, 11) is 1.08. The fourth-order valence-corrected chi connectivity index (χ4v) is 2.47. The lowest BCUT2D eigenvalue weighted by atomic mass is 9.94. The highest BCUT2D eigenvalue weighted by Crippen LogP contribution is 2.30. The fourth-order valence-electron chi connectivity index (χ4n) is 2.47. The van der Waals surface area contributed by atoms with Crippen molar-refractivity contribution in [1.82, 2.24) is 0 Å². The minimum Gasteiger partial charge on any atom is -0.460 e. The van der Waals surface area contributed by atoms with Gasteiger partial charge in [0.05, 0.1) is 19.3 Å². The Balaban J connectivity index is 2.08. The van der Waals surface area contributed by atoms with Crippen LogP contribution >= 0.6 is 0 Å². The van der Waals surface area contributed by atoms with Crippen LogP contribution in [0.5, 0.6) is 0 Å². The zero-order valence-corrected chi connectivity index (χ0v) is 12.6. The number of carbonyl (C=O) groups excluding carboxylic acids is 3. The van der Waals surface area contributed by atoms with Gasteiger partial charge in [0, 0.05) is 19.3 Å². The van der Waals surface area contributed by atoms with Crippen LogP contribution in [0.4, 0.5) is 0 Å². The van der Waals surface area contributed by atoms with Crippen LogP contribution in [-0.4, -0.2) is 41.3 Å². The van der Waals surface area contributed by atoms with Gasteiger partial charge >= 0.3 is 11.7 Å². The highest BCUT2D eigenvalue weighted by atomic mass is 16.5. The molecule has 7 nitrogen and oxygen atoms in total. The summed E-state index contributed by atoms with van der Waals surface area (Å²) >= 11 is 0. The molecule has 1 heterocycles. The lowest BCUT2D eigenvalue weighted by Gasteiger charge is -2.28. The Morgan fingerprint density at radius 3 is 2.61 bits per heavy atom. The van der Waals surface area contributed by atoms with Crippen molar-refractivity contribution >= 4 is 23.2 Å². The predicted molar refractivity (Wildman–Crippen MR) is 78.6 cm³/mol. The molecule has 1 aromatic rings. The topological polar surface area (TPSA) is 106 Å². The molecular weight excluding hydrogens is 300 g/mol. The monoisotopic (exact) mass is 316 g/mol. The molecule has 0 spiro atoms. The molecule has 0 bridgehead atoms. The summed E-state index contributed by atoms with van der Waals surface area (Å²) < 4.78 is 10.2. The first-order chi connectivity index (χ1) is 11.0. The van der Waals surface area contributed by atoms with E-state index in [4.69, 9.17) is 10.3 Å². The van der Waals surface area contributed by atoms with Crippen LogP contribution in [-0.2, 0) is 23.9 Å². The molecule has 1 saturated heterocycles. The minimum absolute atomic E-state index is 0.0246. The normalized spacial score (nSPS) is 20.5. The van der Waals surface area contributed by atoms with Gasteiger partial charge in [-0.2, -0.15) is 4.79 Å². The number of nitrogens with zero attached hydrogens (tertiary/aromatic N) is 2. The van der Waals surface area contributed by atoms with Crippen molar-refractivity contribution < 1.29 is 28.6 Å². The molecule has 0 aliphatic carbocycles. The van der Waals surface area contributed by atoms with Crippen LogP contribution in [0, 0.1) is 0 Å². The SMILES string of the molecule is COC(=O)C(=[N+]=[N-])C(=O)C[C@H]1CC(=O)C[C@H](c2ccccc2)O1. The third kappa shape index (κ3) is 4.18. The van der Waals surface area contributed by atoms with Gasteiger partial charge in [-0.05, 0) is 5.56 Å². The van der Waals surface area contributed by atoms with E-state index < -0.39 is 29.7 Å². The van der Waals surface area contributed by atoms with Gasteiger partial charge in [0.25, 0.3) is 5.78 Å². The van der Waals surface area contributed by atoms with Crippen molar-refractivity contribution in [2.24, 2.45) is 0 Å². The van der Waals surface area contributed by atoms with Crippen LogP contribution < -0.4 is 0 Å². The fraction of sp³-hybridized carbons (Fsp3) is 0.375. The number of methoxy groups -OCH3 is 1. The van der Waals surface area contributed by atoms with Gasteiger partial charge in [0.15, 0.2) is 0 Å². The number of Topliss-reactive ketones (excluding diaryl/α,β-unsaturated/α-hetero) is 2. The van der Waals surface area contributed by atoms with E-state index in [2.05, 4.69) is 9.53 Å². The molecule has 1 fully saturated rings. The summed E-state index contributed by atoms with van der Waals surface area (Å²) in [6.45, 7) is 0. The maximum absolute atomic E-state index is 12.0. The number of carbonyl (C=O) groups is 3. The summed E-state index contributed by atoms with van der Waals surface area (Å²) in [6.07, 6.45) is -1.01. The molecule has 23 heavy (non-hydrogen) atoms. The molecule has 0 unspecified atom stereocenters. The van der Waals surface area contributed by atoms with Gasteiger partial charge in [-0.1, -0.05) is 30.3 Å².